The van der Waals surface area contributed by atoms with Crippen LogP contribution in [0.4, 0.5) is 10.1 Å². The van der Waals surface area contributed by atoms with Gasteiger partial charge in [0.05, 0.1) is 5.69 Å². The largest absolute Gasteiger partial charge is 0.457 e. The van der Waals surface area contributed by atoms with Crippen LogP contribution in [-0.2, 0) is 11.3 Å². The number of hydrogen-bond donors (Lipinski definition) is 2. The molecule has 2 N–H and O–H groups in total. The maximum Gasteiger partial charge on any atom is 0.214 e. The Balaban J connectivity index is 0.00000222. The van der Waals surface area contributed by atoms with Crippen molar-refractivity contribution in [3.63, 3.8) is 0 Å². The quantitative estimate of drug-likeness (QED) is 0.153. The first-order valence-corrected chi connectivity index (χ1v) is 13.3. The highest BCUT2D eigenvalue weighted by atomic mass is 32.2. The van der Waals surface area contributed by atoms with Crippen LogP contribution in [0.2, 0.25) is 0 Å². The van der Waals surface area contributed by atoms with E-state index < -0.39 is 0 Å². The highest BCUT2D eigenvalue weighted by Crippen LogP contribution is 2.30. The second-order valence-electron chi connectivity index (χ2n) is 7.75. The van der Waals surface area contributed by atoms with Crippen LogP contribution in [-0.4, -0.2) is 32.3 Å². The van der Waals surface area contributed by atoms with Crippen LogP contribution in [0.25, 0.3) is 6.08 Å². The predicted octanol–water partition coefficient (Wildman–Crippen LogP) is 6.67. The molecule has 0 heterocycles. The van der Waals surface area contributed by atoms with Crippen molar-refractivity contribution in [1.29, 1.82) is 0 Å². The highest BCUT2D eigenvalue weighted by molar-refractivity contribution is 7.96. The molecular weight excluding hydrogens is 473 g/mol. The molecule has 0 unspecified atom stereocenters. The summed E-state index contributed by atoms with van der Waals surface area (Å²) in [4.78, 5) is 13.6. The fourth-order valence-electron chi connectivity index (χ4n) is 3.40. The van der Waals surface area contributed by atoms with Crippen LogP contribution in [0.1, 0.15) is 31.9 Å². The molecule has 0 spiro atoms. The lowest BCUT2D eigenvalue weighted by Crippen LogP contribution is -2.29. The number of halogens is 1. The molecule has 0 aliphatic heterocycles. The summed E-state index contributed by atoms with van der Waals surface area (Å²) < 4.78 is 22.3. The summed E-state index contributed by atoms with van der Waals surface area (Å²) in [6.07, 6.45) is 4.87. The van der Waals surface area contributed by atoms with Gasteiger partial charge in [0.15, 0.2) is 0 Å². The molecule has 0 aromatic heterocycles. The molecule has 0 atom stereocenters. The highest BCUT2D eigenvalue weighted by Gasteiger charge is 2.12. The summed E-state index contributed by atoms with van der Waals surface area (Å²) in [6, 6.07) is 21.8. The second kappa shape index (κ2) is 16.5. The number of ether oxygens (including phenoxy) is 1. The maximum absolute atomic E-state index is 13.1. The van der Waals surface area contributed by atoms with Gasteiger partial charge in [-0.1, -0.05) is 67.8 Å². The van der Waals surface area contributed by atoms with E-state index in [1.165, 1.54) is 24.1 Å². The van der Waals surface area contributed by atoms with Gasteiger partial charge in [-0.15, -0.1) is 0 Å². The third-order valence-electron chi connectivity index (χ3n) is 5.06. The molecule has 7 heteroatoms. The number of benzene rings is 3. The van der Waals surface area contributed by atoms with E-state index in [0.717, 1.165) is 34.5 Å². The molecule has 1 amide bonds. The van der Waals surface area contributed by atoms with Gasteiger partial charge in [0.2, 0.25) is 6.41 Å². The number of para-hydroxylation sites is 1. The third kappa shape index (κ3) is 9.85. The lowest BCUT2D eigenvalue weighted by Gasteiger charge is -2.21. The van der Waals surface area contributed by atoms with Crippen LogP contribution in [0.3, 0.4) is 0 Å². The molecule has 3 aromatic rings. The summed E-state index contributed by atoms with van der Waals surface area (Å²) in [7, 11) is 0. The van der Waals surface area contributed by atoms with Crippen LogP contribution in [0, 0.1) is 5.82 Å². The number of anilines is 1. The molecule has 192 valence electrons. The Kier molecular flexibility index (Phi) is 13.4. The Bertz CT molecular complexity index is 1080. The van der Waals surface area contributed by atoms with Crippen LogP contribution < -0.4 is 19.7 Å². The maximum atomic E-state index is 13.1. The van der Waals surface area contributed by atoms with E-state index >= 15 is 0 Å². The normalized spacial score (nSPS) is 10.9. The molecule has 0 aliphatic rings. The molecule has 0 radical (unpaired) electrons. The molecule has 5 nitrogen and oxygen atoms in total. The number of amides is 1. The number of nitrogens with zero attached hydrogens (tertiary/aromatic N) is 1. The summed E-state index contributed by atoms with van der Waals surface area (Å²) in [5.41, 5.74) is 3.83. The van der Waals surface area contributed by atoms with Crippen molar-refractivity contribution in [3.05, 3.63) is 95.3 Å². The van der Waals surface area contributed by atoms with Crippen LogP contribution >= 0.6 is 11.9 Å². The summed E-state index contributed by atoms with van der Waals surface area (Å²) in [5.74, 6) is 1.16. The Morgan fingerprint density at radius 1 is 1.03 bits per heavy atom. The molecule has 0 fully saturated rings. The van der Waals surface area contributed by atoms with Gasteiger partial charge in [-0.05, 0) is 60.7 Å². The van der Waals surface area contributed by atoms with Crippen molar-refractivity contribution in [2.75, 3.05) is 30.8 Å². The molecule has 0 saturated carbocycles. The minimum absolute atomic E-state index is 0.237. The summed E-state index contributed by atoms with van der Waals surface area (Å²) in [6.45, 7) is 8.53. The van der Waals surface area contributed by atoms with Gasteiger partial charge in [0.1, 0.15) is 17.3 Å². The topological polar surface area (TPSA) is 53.6 Å². The monoisotopic (exact) mass is 509 g/mol. The molecule has 3 aromatic carbocycles. The number of carbonyl (C=O) groups excluding carboxylic acids is 1. The lowest BCUT2D eigenvalue weighted by atomic mass is 10.1. The van der Waals surface area contributed by atoms with Gasteiger partial charge in [-0.25, -0.2) is 4.39 Å². The van der Waals surface area contributed by atoms with Crippen molar-refractivity contribution in [2.24, 2.45) is 0 Å². The average Bonchev–Trinajstić information content (AvgIpc) is 2.91. The zero-order chi connectivity index (χ0) is 26.2. The number of rotatable bonds is 13. The van der Waals surface area contributed by atoms with Crippen molar-refractivity contribution < 1.29 is 13.9 Å². The van der Waals surface area contributed by atoms with Crippen molar-refractivity contribution >= 4 is 30.1 Å². The predicted molar refractivity (Wildman–Crippen MR) is 151 cm³/mol. The second-order valence-corrected chi connectivity index (χ2v) is 8.45. The van der Waals surface area contributed by atoms with Gasteiger partial charge < -0.3 is 15.0 Å². The number of hydrogen-bond acceptors (Lipinski definition) is 5. The van der Waals surface area contributed by atoms with Crippen molar-refractivity contribution in [1.82, 2.24) is 10.0 Å². The smallest absolute Gasteiger partial charge is 0.214 e. The molecular formula is C29H36FN3O2S. The number of carbonyl (C=O) groups is 1. The van der Waals surface area contributed by atoms with Crippen LogP contribution in [0.15, 0.2) is 78.4 Å². The minimum Gasteiger partial charge on any atom is -0.457 e. The van der Waals surface area contributed by atoms with E-state index in [9.17, 15) is 9.18 Å². The van der Waals surface area contributed by atoms with Crippen molar-refractivity contribution in [3.8, 4) is 11.5 Å². The Morgan fingerprint density at radius 2 is 1.75 bits per heavy atom. The Hall–Kier alpha value is -3.13. The molecule has 3 rings (SSSR count). The van der Waals surface area contributed by atoms with E-state index in [0.29, 0.717) is 31.9 Å². The first kappa shape index (κ1) is 29.1. The van der Waals surface area contributed by atoms with E-state index in [1.54, 1.807) is 17.0 Å². The van der Waals surface area contributed by atoms with Gasteiger partial charge >= 0.3 is 0 Å². The fourth-order valence-corrected chi connectivity index (χ4v) is 3.70. The Labute approximate surface area is 218 Å². The molecule has 0 bridgehead atoms. The standard InChI is InChI=1S/C27H30FN3O2S.C2H6/c1-21(18-29-19-22-8-11-24(28)12-9-22)16-23-10-13-26(33-25-6-4-3-5-7-25)17-27(23)31(20-32)15-14-30-34-2;1-2/h3-13,16-17,20,29-30H,14-15,18-19H2,1-2H3;1-2H3/b21-16+;. The summed E-state index contributed by atoms with van der Waals surface area (Å²) in [5, 5.41) is 3.38. The SMILES string of the molecule is CC.CSNCCN(C=O)c1cc(Oc2ccccc2)ccc1/C=C(\C)CNCc1ccc(F)cc1. The van der Waals surface area contributed by atoms with E-state index in [4.69, 9.17) is 4.74 Å². The zero-order valence-electron chi connectivity index (χ0n) is 21.5. The third-order valence-corrected chi connectivity index (χ3v) is 5.56. The average molecular weight is 510 g/mol. The van der Waals surface area contributed by atoms with Crippen LogP contribution in [0.5, 0.6) is 11.5 Å². The van der Waals surface area contributed by atoms with Gasteiger partial charge in [-0.3, -0.25) is 9.52 Å². The summed E-state index contributed by atoms with van der Waals surface area (Å²) >= 11 is 1.52. The van der Waals surface area contributed by atoms with Gasteiger partial charge in [-0.2, -0.15) is 0 Å². The van der Waals surface area contributed by atoms with Crippen molar-refractivity contribution in [2.45, 2.75) is 27.3 Å². The zero-order valence-corrected chi connectivity index (χ0v) is 22.3. The van der Waals surface area contributed by atoms with Gasteiger partial charge in [0.25, 0.3) is 0 Å². The number of nitrogens with one attached hydrogen (secondary N) is 2. The first-order valence-electron chi connectivity index (χ1n) is 12.1. The fraction of sp³-hybridized carbons (Fsp3) is 0.276. The first-order chi connectivity index (χ1) is 17.6. The minimum atomic E-state index is -0.237. The molecule has 36 heavy (non-hydrogen) atoms. The van der Waals surface area contributed by atoms with E-state index in [2.05, 4.69) is 16.1 Å². The Morgan fingerprint density at radius 3 is 2.42 bits per heavy atom. The lowest BCUT2D eigenvalue weighted by molar-refractivity contribution is -0.107. The molecule has 0 aliphatic carbocycles. The van der Waals surface area contributed by atoms with Gasteiger partial charge in [0, 0.05) is 32.2 Å². The molecule has 0 saturated heterocycles. The van der Waals surface area contributed by atoms with E-state index in [1.807, 2.05) is 75.6 Å². The van der Waals surface area contributed by atoms with E-state index in [-0.39, 0.29) is 5.82 Å².